The molecule has 2 heterocycles. The van der Waals surface area contributed by atoms with E-state index in [9.17, 15) is 4.79 Å². The third kappa shape index (κ3) is 4.80. The molecule has 0 aliphatic heterocycles. The van der Waals surface area contributed by atoms with Gasteiger partial charge in [-0.25, -0.2) is 0 Å². The van der Waals surface area contributed by atoms with E-state index < -0.39 is 0 Å². The van der Waals surface area contributed by atoms with E-state index in [1.807, 2.05) is 50.2 Å². The zero-order chi connectivity index (χ0) is 24.4. The number of carbonyl (C=O) groups is 1. The van der Waals surface area contributed by atoms with E-state index in [1.165, 1.54) is 10.8 Å². The molecular weight excluding hydrogens is 440 g/mol. The van der Waals surface area contributed by atoms with E-state index in [0.29, 0.717) is 23.6 Å². The molecule has 0 bridgehead atoms. The summed E-state index contributed by atoms with van der Waals surface area (Å²) in [5, 5.41) is 13.6. The summed E-state index contributed by atoms with van der Waals surface area (Å²) < 4.78 is 13.1. The zero-order valence-corrected chi connectivity index (χ0v) is 19.9. The molecule has 0 fully saturated rings. The minimum atomic E-state index is -0.369. The van der Waals surface area contributed by atoms with Crippen LogP contribution in [0.1, 0.15) is 38.5 Å². The first-order chi connectivity index (χ1) is 17.0. The van der Waals surface area contributed by atoms with Crippen molar-refractivity contribution < 1.29 is 14.1 Å². The Morgan fingerprint density at radius 2 is 1.89 bits per heavy atom. The minimum absolute atomic E-state index is 0.183. The van der Waals surface area contributed by atoms with Crippen molar-refractivity contribution in [2.75, 3.05) is 5.32 Å². The third-order valence-electron chi connectivity index (χ3n) is 6.02. The molecule has 1 amide bonds. The Morgan fingerprint density at radius 3 is 2.77 bits per heavy atom. The molecule has 0 aliphatic carbocycles. The number of ether oxygens (including phenoxy) is 1. The van der Waals surface area contributed by atoms with Gasteiger partial charge in [0, 0.05) is 6.20 Å². The predicted molar refractivity (Wildman–Crippen MR) is 135 cm³/mol. The highest BCUT2D eigenvalue weighted by molar-refractivity contribution is 6.03. The average molecular weight is 467 g/mol. The van der Waals surface area contributed by atoms with Crippen molar-refractivity contribution >= 4 is 22.4 Å². The van der Waals surface area contributed by atoms with Crippen LogP contribution in [-0.4, -0.2) is 20.8 Å². The summed E-state index contributed by atoms with van der Waals surface area (Å²) in [6.07, 6.45) is 3.43. The second-order valence-corrected chi connectivity index (χ2v) is 8.64. The molecule has 1 N–H and O–H groups in total. The Balaban J connectivity index is 1.29. The standard InChI is InChI=1S/C28H26N4O3/c1-18-11-12-19(2)26(13-18)34-17-25-20(3)35-31-27(25)28(33)30-23-14-29-32(16-23)15-22-9-6-8-21-7-4-5-10-24(21)22/h4-14,16H,15,17H2,1-3H3,(H,30,33). The molecule has 176 valence electrons. The van der Waals surface area contributed by atoms with Crippen molar-refractivity contribution in [3.63, 3.8) is 0 Å². The fraction of sp³-hybridized carbons (Fsp3) is 0.179. The van der Waals surface area contributed by atoms with Crippen LogP contribution in [0.4, 0.5) is 5.69 Å². The second kappa shape index (κ2) is 9.46. The molecule has 0 aliphatic rings. The number of benzene rings is 3. The number of fused-ring (bicyclic) bond motifs is 1. The number of carbonyl (C=O) groups excluding carboxylic acids is 1. The summed E-state index contributed by atoms with van der Waals surface area (Å²) in [6.45, 7) is 6.54. The van der Waals surface area contributed by atoms with Gasteiger partial charge in [-0.1, -0.05) is 59.8 Å². The highest BCUT2D eigenvalue weighted by atomic mass is 16.5. The first-order valence-corrected chi connectivity index (χ1v) is 11.4. The fourth-order valence-electron chi connectivity index (χ4n) is 4.06. The van der Waals surface area contributed by atoms with E-state index in [-0.39, 0.29) is 18.2 Å². The lowest BCUT2D eigenvalue weighted by molar-refractivity contribution is 0.101. The van der Waals surface area contributed by atoms with Gasteiger partial charge >= 0.3 is 0 Å². The number of aromatic nitrogens is 3. The summed E-state index contributed by atoms with van der Waals surface area (Å²) in [5.41, 5.74) is 4.68. The Bertz CT molecular complexity index is 1510. The van der Waals surface area contributed by atoms with Gasteiger partial charge in [-0.3, -0.25) is 9.48 Å². The van der Waals surface area contributed by atoms with Crippen molar-refractivity contribution in [2.45, 2.75) is 33.9 Å². The molecule has 3 aromatic carbocycles. The molecular formula is C28H26N4O3. The van der Waals surface area contributed by atoms with Crippen LogP contribution < -0.4 is 10.1 Å². The number of amides is 1. The van der Waals surface area contributed by atoms with Crippen molar-refractivity contribution in [2.24, 2.45) is 0 Å². The molecule has 0 spiro atoms. The Hall–Kier alpha value is -4.39. The quantitative estimate of drug-likeness (QED) is 0.326. The lowest BCUT2D eigenvalue weighted by atomic mass is 10.0. The van der Waals surface area contributed by atoms with Gasteiger partial charge in [0.1, 0.15) is 18.1 Å². The molecule has 0 atom stereocenters. The molecule has 7 nitrogen and oxygen atoms in total. The first-order valence-electron chi connectivity index (χ1n) is 11.4. The van der Waals surface area contributed by atoms with Crippen molar-refractivity contribution in [1.82, 2.24) is 14.9 Å². The Morgan fingerprint density at radius 1 is 1.06 bits per heavy atom. The SMILES string of the molecule is Cc1ccc(C)c(OCc2c(C(=O)Nc3cnn(Cc4cccc5ccccc45)c3)noc2C)c1. The second-order valence-electron chi connectivity index (χ2n) is 8.64. The molecule has 0 saturated carbocycles. The summed E-state index contributed by atoms with van der Waals surface area (Å²) in [4.78, 5) is 13.0. The maximum atomic E-state index is 13.0. The maximum Gasteiger partial charge on any atom is 0.278 e. The molecule has 7 heteroatoms. The number of nitrogens with one attached hydrogen (secondary N) is 1. The van der Waals surface area contributed by atoms with Crippen LogP contribution in [0.3, 0.4) is 0 Å². The van der Waals surface area contributed by atoms with Crippen molar-refractivity contribution in [3.05, 3.63) is 107 Å². The zero-order valence-electron chi connectivity index (χ0n) is 19.9. The monoisotopic (exact) mass is 466 g/mol. The van der Waals surface area contributed by atoms with Crippen LogP contribution in [0.15, 0.2) is 77.6 Å². The Labute approximate surface area is 203 Å². The van der Waals surface area contributed by atoms with Crippen LogP contribution >= 0.6 is 0 Å². The molecule has 0 radical (unpaired) electrons. The average Bonchev–Trinajstić information content (AvgIpc) is 3.45. The van der Waals surface area contributed by atoms with Gasteiger partial charge in [0.2, 0.25) is 0 Å². The smallest absolute Gasteiger partial charge is 0.278 e. The van der Waals surface area contributed by atoms with Crippen LogP contribution in [0.25, 0.3) is 10.8 Å². The number of hydrogen-bond donors (Lipinski definition) is 1. The van der Waals surface area contributed by atoms with Gasteiger partial charge in [-0.15, -0.1) is 0 Å². The Kier molecular flexibility index (Phi) is 6.06. The van der Waals surface area contributed by atoms with Crippen LogP contribution in [0.2, 0.25) is 0 Å². The van der Waals surface area contributed by atoms with Crippen molar-refractivity contribution in [1.29, 1.82) is 0 Å². The topological polar surface area (TPSA) is 82.2 Å². The predicted octanol–water partition coefficient (Wildman–Crippen LogP) is 5.83. The molecule has 0 unspecified atom stereocenters. The normalized spacial score (nSPS) is 11.1. The molecule has 0 saturated heterocycles. The fourth-order valence-corrected chi connectivity index (χ4v) is 4.06. The highest BCUT2D eigenvalue weighted by Crippen LogP contribution is 2.23. The van der Waals surface area contributed by atoms with Gasteiger partial charge in [0.25, 0.3) is 5.91 Å². The number of aryl methyl sites for hydroxylation is 3. The van der Waals surface area contributed by atoms with E-state index in [2.05, 4.69) is 39.8 Å². The molecule has 5 rings (SSSR count). The molecule has 35 heavy (non-hydrogen) atoms. The minimum Gasteiger partial charge on any atom is -0.488 e. The summed E-state index contributed by atoms with van der Waals surface area (Å²) in [6, 6.07) is 20.5. The number of hydrogen-bond acceptors (Lipinski definition) is 5. The lowest BCUT2D eigenvalue weighted by Gasteiger charge is -2.10. The summed E-state index contributed by atoms with van der Waals surface area (Å²) >= 11 is 0. The molecule has 5 aromatic rings. The number of anilines is 1. The van der Waals surface area contributed by atoms with Gasteiger partial charge in [0.05, 0.1) is 24.0 Å². The number of nitrogens with zero attached hydrogens (tertiary/aromatic N) is 3. The largest absolute Gasteiger partial charge is 0.488 e. The van der Waals surface area contributed by atoms with Crippen LogP contribution in [0, 0.1) is 20.8 Å². The van der Waals surface area contributed by atoms with E-state index >= 15 is 0 Å². The van der Waals surface area contributed by atoms with Gasteiger partial charge in [-0.2, -0.15) is 5.10 Å². The van der Waals surface area contributed by atoms with Crippen LogP contribution in [0.5, 0.6) is 5.75 Å². The molecule has 2 aromatic heterocycles. The maximum absolute atomic E-state index is 13.0. The lowest BCUT2D eigenvalue weighted by Crippen LogP contribution is -2.15. The summed E-state index contributed by atoms with van der Waals surface area (Å²) in [5.74, 6) is 0.949. The first kappa shape index (κ1) is 22.4. The van der Waals surface area contributed by atoms with Gasteiger partial charge in [0.15, 0.2) is 5.69 Å². The van der Waals surface area contributed by atoms with E-state index in [4.69, 9.17) is 9.26 Å². The van der Waals surface area contributed by atoms with Crippen LogP contribution in [-0.2, 0) is 13.2 Å². The van der Waals surface area contributed by atoms with Crippen molar-refractivity contribution in [3.8, 4) is 5.75 Å². The highest BCUT2D eigenvalue weighted by Gasteiger charge is 2.21. The van der Waals surface area contributed by atoms with E-state index in [0.717, 1.165) is 22.4 Å². The summed E-state index contributed by atoms with van der Waals surface area (Å²) in [7, 11) is 0. The van der Waals surface area contributed by atoms with Gasteiger partial charge < -0.3 is 14.6 Å². The van der Waals surface area contributed by atoms with E-state index in [1.54, 1.807) is 24.0 Å². The number of rotatable bonds is 7. The van der Waals surface area contributed by atoms with Gasteiger partial charge in [-0.05, 0) is 54.3 Å². The third-order valence-corrected chi connectivity index (χ3v) is 6.02.